The van der Waals surface area contributed by atoms with Gasteiger partial charge in [0.2, 0.25) is 0 Å². The highest BCUT2D eigenvalue weighted by Crippen LogP contribution is 2.33. The number of allylic oxidation sites excluding steroid dienone is 1. The zero-order valence-corrected chi connectivity index (χ0v) is 17.4. The number of morpholine rings is 1. The summed E-state index contributed by atoms with van der Waals surface area (Å²) >= 11 is 1.58. The molecule has 0 amide bonds. The predicted octanol–water partition coefficient (Wildman–Crippen LogP) is 3.86. The maximum Gasteiger partial charge on any atom is 0.258 e. The number of benzene rings is 2. The lowest BCUT2D eigenvalue weighted by molar-refractivity contribution is 0.122. The van der Waals surface area contributed by atoms with E-state index in [0.717, 1.165) is 40.4 Å². The number of ether oxygens (including phenoxy) is 1. The highest BCUT2D eigenvalue weighted by molar-refractivity contribution is 7.96. The Hall–Kier alpha value is -2.42. The molecule has 6 nitrogen and oxygen atoms in total. The summed E-state index contributed by atoms with van der Waals surface area (Å²) in [5.41, 5.74) is 3.61. The molecule has 1 fully saturated rings. The Balaban J connectivity index is 1.40. The molecule has 1 aliphatic heterocycles. The fraction of sp³-hybridized carbons (Fsp3) is 0.286. The van der Waals surface area contributed by atoms with Crippen molar-refractivity contribution in [2.45, 2.75) is 12.8 Å². The third-order valence-electron chi connectivity index (χ3n) is 5.27. The summed E-state index contributed by atoms with van der Waals surface area (Å²) in [6.07, 6.45) is 3.03. The maximum atomic E-state index is 12.9. The van der Waals surface area contributed by atoms with Crippen molar-refractivity contribution in [1.82, 2.24) is 4.98 Å². The molecule has 150 valence electrons. The Morgan fingerprint density at radius 1 is 1.07 bits per heavy atom. The smallest absolute Gasteiger partial charge is 0.258 e. The van der Waals surface area contributed by atoms with E-state index in [0.29, 0.717) is 30.2 Å². The molecule has 1 saturated heterocycles. The summed E-state index contributed by atoms with van der Waals surface area (Å²) in [7, 11) is -3.59. The largest absolute Gasteiger partial charge is 0.378 e. The molecule has 2 aliphatic rings. The number of thiazole rings is 1. The fourth-order valence-electron chi connectivity index (χ4n) is 3.70. The Labute approximate surface area is 173 Å². The quantitative estimate of drug-likeness (QED) is 0.685. The third-order valence-corrected chi connectivity index (χ3v) is 7.86. The van der Waals surface area contributed by atoms with E-state index in [1.54, 1.807) is 23.5 Å². The van der Waals surface area contributed by atoms with Crippen LogP contribution in [0.3, 0.4) is 0 Å². The van der Waals surface area contributed by atoms with Crippen molar-refractivity contribution >= 4 is 48.5 Å². The molecule has 0 saturated carbocycles. The van der Waals surface area contributed by atoms with Gasteiger partial charge in [-0.15, -0.1) is 0 Å². The van der Waals surface area contributed by atoms with Gasteiger partial charge in [0, 0.05) is 13.1 Å². The summed E-state index contributed by atoms with van der Waals surface area (Å²) in [5.74, 6) is 0. The van der Waals surface area contributed by atoms with E-state index in [1.165, 1.54) is 5.56 Å². The Morgan fingerprint density at radius 2 is 1.90 bits per heavy atom. The van der Waals surface area contributed by atoms with Crippen molar-refractivity contribution in [3.8, 4) is 0 Å². The highest BCUT2D eigenvalue weighted by Gasteiger charge is 2.22. The van der Waals surface area contributed by atoms with Gasteiger partial charge in [-0.1, -0.05) is 35.6 Å². The molecule has 1 aromatic heterocycles. The summed E-state index contributed by atoms with van der Waals surface area (Å²) in [6, 6.07) is 13.4. The fourth-order valence-corrected chi connectivity index (χ4v) is 5.98. The van der Waals surface area contributed by atoms with Crippen LogP contribution < -0.4 is 9.62 Å². The van der Waals surface area contributed by atoms with Crippen LogP contribution >= 0.6 is 11.3 Å². The van der Waals surface area contributed by atoms with Gasteiger partial charge in [0.1, 0.15) is 0 Å². The SMILES string of the molecule is O=S(=O)(Nc1ccc2nc(N3CCOCC3)sc2c1)C1=Cc2ccccc2CC1. The van der Waals surface area contributed by atoms with Gasteiger partial charge in [0.25, 0.3) is 10.0 Å². The van der Waals surface area contributed by atoms with Crippen molar-refractivity contribution in [3.63, 3.8) is 0 Å². The Kier molecular flexibility index (Phi) is 4.77. The van der Waals surface area contributed by atoms with Gasteiger partial charge in [-0.2, -0.15) is 0 Å². The van der Waals surface area contributed by atoms with Gasteiger partial charge in [0.05, 0.1) is 34.0 Å². The van der Waals surface area contributed by atoms with Gasteiger partial charge in [-0.05, 0) is 48.2 Å². The van der Waals surface area contributed by atoms with Crippen LogP contribution in [0.4, 0.5) is 10.8 Å². The molecule has 5 rings (SSSR count). The first-order chi connectivity index (χ1) is 14.1. The Bertz CT molecular complexity index is 1190. The number of hydrogen-bond acceptors (Lipinski definition) is 6. The molecule has 3 aromatic rings. The van der Waals surface area contributed by atoms with Crippen LogP contribution in [0, 0.1) is 0 Å². The minimum absolute atomic E-state index is 0.426. The number of nitrogens with zero attached hydrogens (tertiary/aromatic N) is 2. The van der Waals surface area contributed by atoms with Crippen LogP contribution in [0.15, 0.2) is 47.4 Å². The molecule has 1 aliphatic carbocycles. The second kappa shape index (κ2) is 7.44. The molecule has 0 spiro atoms. The Morgan fingerprint density at radius 3 is 2.76 bits per heavy atom. The summed E-state index contributed by atoms with van der Waals surface area (Å²) < 4.78 is 35.0. The normalized spacial score (nSPS) is 17.1. The monoisotopic (exact) mass is 427 g/mol. The van der Waals surface area contributed by atoms with Crippen molar-refractivity contribution in [2.75, 3.05) is 35.9 Å². The first-order valence-electron chi connectivity index (χ1n) is 9.63. The maximum absolute atomic E-state index is 12.9. The number of sulfonamides is 1. The lowest BCUT2D eigenvalue weighted by atomic mass is 9.98. The van der Waals surface area contributed by atoms with Gasteiger partial charge < -0.3 is 9.64 Å². The topological polar surface area (TPSA) is 71.5 Å². The van der Waals surface area contributed by atoms with Crippen molar-refractivity contribution in [3.05, 3.63) is 58.5 Å². The van der Waals surface area contributed by atoms with Crippen molar-refractivity contribution < 1.29 is 13.2 Å². The van der Waals surface area contributed by atoms with Crippen LogP contribution in [0.25, 0.3) is 16.3 Å². The number of aryl methyl sites for hydroxylation is 1. The van der Waals surface area contributed by atoms with Gasteiger partial charge in [-0.3, -0.25) is 4.72 Å². The molecule has 0 radical (unpaired) electrons. The number of rotatable bonds is 4. The van der Waals surface area contributed by atoms with E-state index in [9.17, 15) is 8.42 Å². The van der Waals surface area contributed by atoms with Crippen LogP contribution in [0.2, 0.25) is 0 Å². The molecule has 8 heteroatoms. The summed E-state index contributed by atoms with van der Waals surface area (Å²) in [4.78, 5) is 7.33. The van der Waals surface area contributed by atoms with E-state index in [2.05, 4.69) is 14.6 Å². The predicted molar refractivity (Wildman–Crippen MR) is 118 cm³/mol. The lowest BCUT2D eigenvalue weighted by Crippen LogP contribution is -2.36. The summed E-state index contributed by atoms with van der Waals surface area (Å²) in [6.45, 7) is 3.07. The van der Waals surface area contributed by atoms with Gasteiger partial charge in [-0.25, -0.2) is 13.4 Å². The van der Waals surface area contributed by atoms with Gasteiger partial charge in [0.15, 0.2) is 5.13 Å². The first kappa shape index (κ1) is 18.6. The average Bonchev–Trinajstić information content (AvgIpc) is 3.17. The highest BCUT2D eigenvalue weighted by atomic mass is 32.2. The zero-order valence-electron chi connectivity index (χ0n) is 15.8. The number of hydrogen-bond donors (Lipinski definition) is 1. The molecule has 2 heterocycles. The van der Waals surface area contributed by atoms with E-state index in [4.69, 9.17) is 4.74 Å². The second-order valence-electron chi connectivity index (χ2n) is 7.19. The molecule has 0 unspecified atom stereocenters. The zero-order chi connectivity index (χ0) is 19.8. The molecular weight excluding hydrogens is 406 g/mol. The number of aromatic nitrogens is 1. The van der Waals surface area contributed by atoms with Crippen molar-refractivity contribution in [2.24, 2.45) is 0 Å². The first-order valence-corrected chi connectivity index (χ1v) is 11.9. The molecule has 1 N–H and O–H groups in total. The van der Waals surface area contributed by atoms with Crippen molar-refractivity contribution in [1.29, 1.82) is 0 Å². The number of fused-ring (bicyclic) bond motifs is 2. The van der Waals surface area contributed by atoms with Crippen LogP contribution in [0.5, 0.6) is 0 Å². The second-order valence-corrected chi connectivity index (χ2v) is 9.94. The van der Waals surface area contributed by atoms with E-state index in [-0.39, 0.29) is 0 Å². The minimum Gasteiger partial charge on any atom is -0.378 e. The van der Waals surface area contributed by atoms with E-state index in [1.807, 2.05) is 36.4 Å². The average molecular weight is 428 g/mol. The van der Waals surface area contributed by atoms with Gasteiger partial charge >= 0.3 is 0 Å². The van der Waals surface area contributed by atoms with Crippen LogP contribution in [0.1, 0.15) is 17.5 Å². The molecule has 0 atom stereocenters. The standard InChI is InChI=1S/C21H21N3O3S2/c25-29(26,18-7-5-15-3-1-2-4-16(15)13-18)23-17-6-8-19-20(14-17)28-21(22-19)24-9-11-27-12-10-24/h1-4,6,8,13-14,23H,5,7,9-12H2. The molecule has 29 heavy (non-hydrogen) atoms. The number of nitrogens with one attached hydrogen (secondary N) is 1. The van der Waals surface area contributed by atoms with E-state index >= 15 is 0 Å². The number of anilines is 2. The third kappa shape index (κ3) is 3.75. The molecular formula is C21H21N3O3S2. The molecule has 0 bridgehead atoms. The molecule has 2 aromatic carbocycles. The summed E-state index contributed by atoms with van der Waals surface area (Å²) in [5, 5.41) is 0.954. The lowest BCUT2D eigenvalue weighted by Gasteiger charge is -2.25. The minimum atomic E-state index is -3.59. The van der Waals surface area contributed by atoms with E-state index < -0.39 is 10.0 Å². The van der Waals surface area contributed by atoms with Crippen LogP contribution in [-0.4, -0.2) is 39.7 Å². The van der Waals surface area contributed by atoms with Crippen LogP contribution in [-0.2, 0) is 21.2 Å².